The smallest absolute Gasteiger partial charge is 0.462 e. The normalized spacial score (nSPS) is 13.6. The summed E-state index contributed by atoms with van der Waals surface area (Å²) < 4.78 is 34.6. The van der Waals surface area contributed by atoms with Crippen LogP contribution in [0.15, 0.2) is 85.1 Å². The summed E-state index contributed by atoms with van der Waals surface area (Å²) in [5.41, 5.74) is 0. The van der Waals surface area contributed by atoms with Crippen LogP contribution in [0.2, 0.25) is 0 Å². The second kappa shape index (κ2) is 66.6. The van der Waals surface area contributed by atoms with Gasteiger partial charge >= 0.3 is 19.8 Å². The molecule has 0 aromatic carbocycles. The standard InChI is InChI=1S/C76H138NO8P/c1-6-8-10-12-14-16-18-20-22-24-26-28-29-30-31-32-33-34-35-36-37-38-39-40-41-42-43-44-45-46-47-49-50-52-54-56-58-60-62-64-66-68-75(78)82-72-74(73-84-86(80,81)83-71-70-77(3,4)5)85-76(79)69-67-65-63-61-59-57-55-53-51-48-27-25-23-21-19-17-15-13-11-9-7-2/h9,11,15,17,21,23-24,26-27,48,53,55,59,61,74H,6-8,10,12-14,16,18-20,22,25,28-47,49-52,54,56-58,60,62-73H2,1-5H3/p+1/b11-9-,17-15-,23-21-,26-24-,48-27-,55-53-,61-59-. The summed E-state index contributed by atoms with van der Waals surface area (Å²) in [6.07, 6.45) is 91.6. The van der Waals surface area contributed by atoms with Gasteiger partial charge in [-0.25, -0.2) is 4.57 Å². The zero-order valence-electron chi connectivity index (χ0n) is 57.0. The van der Waals surface area contributed by atoms with Gasteiger partial charge in [-0.15, -0.1) is 0 Å². The maximum absolute atomic E-state index is 12.8. The van der Waals surface area contributed by atoms with E-state index >= 15 is 0 Å². The maximum Gasteiger partial charge on any atom is 0.472 e. The quantitative estimate of drug-likeness (QED) is 0.0211. The lowest BCUT2D eigenvalue weighted by atomic mass is 10.0. The van der Waals surface area contributed by atoms with Gasteiger partial charge in [0, 0.05) is 12.8 Å². The van der Waals surface area contributed by atoms with E-state index < -0.39 is 26.5 Å². The average Bonchev–Trinajstić information content (AvgIpc) is 3.67. The summed E-state index contributed by atoms with van der Waals surface area (Å²) in [4.78, 5) is 35.8. The number of nitrogens with zero attached hydrogens (tertiary/aromatic N) is 1. The lowest BCUT2D eigenvalue weighted by Gasteiger charge is -2.24. The Bertz CT molecular complexity index is 1730. The van der Waals surface area contributed by atoms with Crippen molar-refractivity contribution >= 4 is 19.8 Å². The molecule has 500 valence electrons. The van der Waals surface area contributed by atoms with Crippen LogP contribution in [-0.2, 0) is 32.7 Å². The molecule has 1 N–H and O–H groups in total. The van der Waals surface area contributed by atoms with Crippen molar-refractivity contribution in [3.05, 3.63) is 85.1 Å². The van der Waals surface area contributed by atoms with Gasteiger partial charge in [0.05, 0.1) is 27.7 Å². The predicted octanol–water partition coefficient (Wildman–Crippen LogP) is 23.7. The highest BCUT2D eigenvalue weighted by atomic mass is 31.2. The molecule has 0 saturated heterocycles. The molecule has 0 fully saturated rings. The highest BCUT2D eigenvalue weighted by Crippen LogP contribution is 2.43. The van der Waals surface area contributed by atoms with E-state index in [4.69, 9.17) is 18.5 Å². The van der Waals surface area contributed by atoms with Crippen molar-refractivity contribution in [3.63, 3.8) is 0 Å². The van der Waals surface area contributed by atoms with E-state index in [9.17, 15) is 19.0 Å². The van der Waals surface area contributed by atoms with E-state index in [2.05, 4.69) is 98.9 Å². The molecule has 2 atom stereocenters. The van der Waals surface area contributed by atoms with Crippen molar-refractivity contribution in [1.29, 1.82) is 0 Å². The number of unbranched alkanes of at least 4 members (excludes halogenated alkanes) is 39. The van der Waals surface area contributed by atoms with Gasteiger partial charge in [-0.05, 0) is 89.9 Å². The minimum atomic E-state index is -4.41. The topological polar surface area (TPSA) is 108 Å². The average molecular weight is 1230 g/mol. The van der Waals surface area contributed by atoms with Crippen LogP contribution in [-0.4, -0.2) is 74.9 Å². The predicted molar refractivity (Wildman–Crippen MR) is 372 cm³/mol. The molecule has 0 heterocycles. The van der Waals surface area contributed by atoms with Crippen LogP contribution in [0.1, 0.15) is 335 Å². The Morgan fingerprint density at radius 1 is 0.372 bits per heavy atom. The lowest BCUT2D eigenvalue weighted by Crippen LogP contribution is -2.37. The summed E-state index contributed by atoms with van der Waals surface area (Å²) in [6.45, 7) is 4.30. The van der Waals surface area contributed by atoms with Gasteiger partial charge in [0.15, 0.2) is 6.10 Å². The van der Waals surface area contributed by atoms with E-state index in [1.807, 2.05) is 21.1 Å². The lowest BCUT2D eigenvalue weighted by molar-refractivity contribution is -0.870. The zero-order chi connectivity index (χ0) is 62.6. The van der Waals surface area contributed by atoms with E-state index in [-0.39, 0.29) is 32.0 Å². The van der Waals surface area contributed by atoms with Gasteiger partial charge in [0.1, 0.15) is 19.8 Å². The zero-order valence-corrected chi connectivity index (χ0v) is 57.9. The van der Waals surface area contributed by atoms with Gasteiger partial charge < -0.3 is 18.9 Å². The number of likely N-dealkylation sites (N-methyl/N-ethyl adjacent to an activating group) is 1. The SMILES string of the molecule is CC/C=C\C/C=C\C/C=C\C/C=C\C/C=C\C/C=C\CCCCC(=O)OC(COC(=O)CCCCCCCCCCCCCCCCCCCCCCCCCCCCCCC/C=C\CCCCCCCCCC)COP(=O)(O)OCC[N+](C)(C)C. The Kier molecular flexibility index (Phi) is 64.4. The minimum absolute atomic E-state index is 0.0205. The van der Waals surface area contributed by atoms with Gasteiger partial charge in [0.25, 0.3) is 0 Å². The molecule has 86 heavy (non-hydrogen) atoms. The molecule has 0 aliphatic heterocycles. The van der Waals surface area contributed by atoms with Crippen molar-refractivity contribution in [3.8, 4) is 0 Å². The van der Waals surface area contributed by atoms with E-state index in [0.717, 1.165) is 70.6 Å². The van der Waals surface area contributed by atoms with Gasteiger partial charge in [-0.1, -0.05) is 317 Å². The van der Waals surface area contributed by atoms with Crippen LogP contribution in [0.3, 0.4) is 0 Å². The summed E-state index contributed by atoms with van der Waals surface area (Å²) in [6, 6.07) is 0. The molecule has 0 aromatic heterocycles. The van der Waals surface area contributed by atoms with Crippen molar-refractivity contribution in [2.24, 2.45) is 0 Å². The Morgan fingerprint density at radius 3 is 1.02 bits per heavy atom. The number of phosphoric ester groups is 1. The van der Waals surface area contributed by atoms with Crippen molar-refractivity contribution in [1.82, 2.24) is 0 Å². The van der Waals surface area contributed by atoms with Crippen molar-refractivity contribution in [2.75, 3.05) is 47.5 Å². The number of rotatable bonds is 67. The highest BCUT2D eigenvalue weighted by molar-refractivity contribution is 7.47. The van der Waals surface area contributed by atoms with Crippen LogP contribution in [0.5, 0.6) is 0 Å². The molecular formula is C76H139NO8P+. The fourth-order valence-electron chi connectivity index (χ4n) is 10.4. The first-order valence-corrected chi connectivity index (χ1v) is 37.8. The van der Waals surface area contributed by atoms with Crippen LogP contribution in [0.25, 0.3) is 0 Å². The molecule has 0 aliphatic rings. The van der Waals surface area contributed by atoms with Crippen molar-refractivity contribution in [2.45, 2.75) is 341 Å². The van der Waals surface area contributed by atoms with Gasteiger partial charge in [-0.3, -0.25) is 18.6 Å². The van der Waals surface area contributed by atoms with Crippen LogP contribution >= 0.6 is 7.82 Å². The molecule has 0 amide bonds. The van der Waals surface area contributed by atoms with Crippen LogP contribution < -0.4 is 0 Å². The third kappa shape index (κ3) is 70.3. The second-order valence-electron chi connectivity index (χ2n) is 25.6. The first-order valence-electron chi connectivity index (χ1n) is 36.3. The fraction of sp³-hybridized carbons (Fsp3) is 0.789. The first kappa shape index (κ1) is 83.2. The molecule has 0 bridgehead atoms. The molecule has 0 aliphatic carbocycles. The molecule has 9 nitrogen and oxygen atoms in total. The van der Waals surface area contributed by atoms with Gasteiger partial charge in [-0.2, -0.15) is 0 Å². The van der Waals surface area contributed by atoms with Crippen LogP contribution in [0, 0.1) is 0 Å². The highest BCUT2D eigenvalue weighted by Gasteiger charge is 2.27. The molecule has 0 rings (SSSR count). The van der Waals surface area contributed by atoms with E-state index in [1.165, 1.54) is 231 Å². The second-order valence-corrected chi connectivity index (χ2v) is 27.0. The summed E-state index contributed by atoms with van der Waals surface area (Å²) in [5, 5.41) is 0. The maximum atomic E-state index is 12.8. The number of phosphoric acid groups is 1. The Hall–Kier alpha value is -2.81. The molecular weight excluding hydrogens is 1090 g/mol. The molecule has 0 aromatic rings. The summed E-state index contributed by atoms with van der Waals surface area (Å²) >= 11 is 0. The number of carbonyl (C=O) groups is 2. The molecule has 0 radical (unpaired) electrons. The monoisotopic (exact) mass is 1230 g/mol. The van der Waals surface area contributed by atoms with E-state index in [0.29, 0.717) is 17.4 Å². The Labute approximate surface area is 532 Å². The van der Waals surface area contributed by atoms with Gasteiger partial charge in [0.2, 0.25) is 0 Å². The first-order chi connectivity index (χ1) is 42.0. The number of esters is 2. The number of hydrogen-bond acceptors (Lipinski definition) is 7. The van der Waals surface area contributed by atoms with Crippen molar-refractivity contribution < 1.29 is 42.1 Å². The Balaban J connectivity index is 3.93. The number of hydrogen-bond donors (Lipinski definition) is 1. The fourth-order valence-corrected chi connectivity index (χ4v) is 11.1. The molecule has 2 unspecified atom stereocenters. The number of allylic oxidation sites excluding steroid dienone is 14. The minimum Gasteiger partial charge on any atom is -0.462 e. The molecule has 10 heteroatoms. The van der Waals surface area contributed by atoms with Crippen LogP contribution in [0.4, 0.5) is 0 Å². The van der Waals surface area contributed by atoms with E-state index in [1.54, 1.807) is 0 Å². The number of quaternary nitrogens is 1. The summed E-state index contributed by atoms with van der Waals surface area (Å²) in [7, 11) is 1.45. The number of ether oxygens (including phenoxy) is 2. The third-order valence-electron chi connectivity index (χ3n) is 15.9. The Morgan fingerprint density at radius 2 is 0.663 bits per heavy atom. The largest absolute Gasteiger partial charge is 0.472 e. The number of carbonyl (C=O) groups excluding carboxylic acids is 2. The molecule has 0 saturated carbocycles. The summed E-state index contributed by atoms with van der Waals surface area (Å²) in [5.74, 6) is -0.841. The third-order valence-corrected chi connectivity index (χ3v) is 16.9. The molecule has 0 spiro atoms.